The normalized spacial score (nSPS) is 12.4. The molecular weight excluding hydrogens is 518 g/mol. The monoisotopic (exact) mass is 536 g/mol. The summed E-state index contributed by atoms with van der Waals surface area (Å²) in [6.45, 7) is -0.331. The molecule has 0 unspecified atom stereocenters. The largest absolute Gasteiger partial charge is 0.573 e. The second-order valence-electron chi connectivity index (χ2n) is 7.87. The summed E-state index contributed by atoms with van der Waals surface area (Å²) in [5, 5.41) is 12.7. The number of anilines is 1. The molecule has 1 heterocycles. The quantitative estimate of drug-likeness (QED) is 0.0954. The van der Waals surface area contributed by atoms with E-state index in [1.54, 1.807) is 6.07 Å². The number of alkyl halides is 6. The van der Waals surface area contributed by atoms with Crippen LogP contribution in [0.4, 0.5) is 32.2 Å². The summed E-state index contributed by atoms with van der Waals surface area (Å²) in [5.41, 5.74) is 5.12. The van der Waals surface area contributed by atoms with Gasteiger partial charge in [0.05, 0.1) is 6.54 Å². The Morgan fingerprint density at radius 3 is 2.13 bits per heavy atom. The second kappa shape index (κ2) is 10.4. The zero-order valence-electron chi connectivity index (χ0n) is 19.2. The maximum atomic E-state index is 14.3. The molecule has 0 aliphatic carbocycles. The van der Waals surface area contributed by atoms with Crippen LogP contribution in [0.25, 0.3) is 10.8 Å². The standard InChI is InChI=1S/C25H18F6N4O3/c26-24(27,28)21-20-4-2-1-3-17(20)13-33-23(21)35(38-19-11-7-16(8-12-19)22(32)34-36)14-15-5-9-18(10-6-15)37-25(29,30)31/h1-13,36H,14H2,(H2,32,34). The van der Waals surface area contributed by atoms with Crippen LogP contribution in [0, 0.1) is 0 Å². The molecule has 4 aromatic rings. The van der Waals surface area contributed by atoms with Gasteiger partial charge in [-0.15, -0.1) is 13.2 Å². The third-order valence-electron chi connectivity index (χ3n) is 5.26. The molecule has 0 saturated carbocycles. The number of nitrogens with zero attached hydrogens (tertiary/aromatic N) is 3. The third kappa shape index (κ3) is 6.17. The van der Waals surface area contributed by atoms with Gasteiger partial charge in [0, 0.05) is 17.1 Å². The SMILES string of the molecule is N/C(=N\O)c1ccc(ON(Cc2ccc(OC(F)(F)F)cc2)c2ncc3ccccc3c2C(F)(F)F)cc1. The van der Waals surface area contributed by atoms with Crippen LogP contribution in [0.15, 0.2) is 84.1 Å². The van der Waals surface area contributed by atoms with E-state index in [-0.39, 0.29) is 28.9 Å². The van der Waals surface area contributed by atoms with Crippen molar-refractivity contribution in [2.45, 2.75) is 19.1 Å². The minimum atomic E-state index is -4.90. The van der Waals surface area contributed by atoms with Gasteiger partial charge in [0.2, 0.25) is 0 Å². The van der Waals surface area contributed by atoms with Gasteiger partial charge < -0.3 is 20.5 Å². The van der Waals surface area contributed by atoms with Crippen molar-refractivity contribution in [3.63, 3.8) is 0 Å². The van der Waals surface area contributed by atoms with Gasteiger partial charge >= 0.3 is 12.5 Å². The van der Waals surface area contributed by atoms with Gasteiger partial charge in [-0.25, -0.2) is 4.98 Å². The van der Waals surface area contributed by atoms with Crippen molar-refractivity contribution in [1.82, 2.24) is 4.98 Å². The first kappa shape index (κ1) is 26.4. The number of pyridine rings is 1. The molecule has 3 N–H and O–H groups in total. The van der Waals surface area contributed by atoms with Crippen LogP contribution in [0.1, 0.15) is 16.7 Å². The average molecular weight is 536 g/mol. The molecule has 0 atom stereocenters. The van der Waals surface area contributed by atoms with Gasteiger partial charge in [0.25, 0.3) is 0 Å². The highest BCUT2D eigenvalue weighted by atomic mass is 19.4. The van der Waals surface area contributed by atoms with Crippen LogP contribution in [0.2, 0.25) is 0 Å². The van der Waals surface area contributed by atoms with E-state index < -0.39 is 29.7 Å². The smallest absolute Gasteiger partial charge is 0.409 e. The van der Waals surface area contributed by atoms with Gasteiger partial charge in [-0.3, -0.25) is 0 Å². The van der Waals surface area contributed by atoms with Crippen molar-refractivity contribution in [1.29, 1.82) is 0 Å². The fourth-order valence-electron chi connectivity index (χ4n) is 3.61. The summed E-state index contributed by atoms with van der Waals surface area (Å²) in [6.07, 6.45) is -8.47. The molecule has 0 fully saturated rings. The number of oxime groups is 1. The van der Waals surface area contributed by atoms with Crippen molar-refractivity contribution in [2.24, 2.45) is 10.9 Å². The van der Waals surface area contributed by atoms with Crippen LogP contribution >= 0.6 is 0 Å². The molecule has 13 heteroatoms. The number of aromatic nitrogens is 1. The maximum Gasteiger partial charge on any atom is 0.573 e. The number of amidine groups is 1. The second-order valence-corrected chi connectivity index (χ2v) is 7.87. The Hall–Kier alpha value is -4.68. The van der Waals surface area contributed by atoms with Gasteiger partial charge in [-0.05, 0) is 47.3 Å². The van der Waals surface area contributed by atoms with E-state index in [0.29, 0.717) is 11.1 Å². The van der Waals surface area contributed by atoms with E-state index in [2.05, 4.69) is 14.9 Å². The molecule has 38 heavy (non-hydrogen) atoms. The molecule has 0 spiro atoms. The van der Waals surface area contributed by atoms with Crippen molar-refractivity contribution < 1.29 is 41.1 Å². The molecule has 0 amide bonds. The molecule has 0 bridgehead atoms. The number of hydroxylamine groups is 1. The Kier molecular flexibility index (Phi) is 7.19. The lowest BCUT2D eigenvalue weighted by Gasteiger charge is -2.27. The maximum absolute atomic E-state index is 14.3. The number of hydrogen-bond acceptors (Lipinski definition) is 6. The van der Waals surface area contributed by atoms with E-state index in [4.69, 9.17) is 15.8 Å². The number of hydrogen-bond donors (Lipinski definition) is 2. The molecule has 7 nitrogen and oxygen atoms in total. The minimum Gasteiger partial charge on any atom is -0.409 e. The highest BCUT2D eigenvalue weighted by Crippen LogP contribution is 2.41. The predicted octanol–water partition coefficient (Wildman–Crippen LogP) is 6.25. The zero-order chi connectivity index (χ0) is 27.5. The Labute approximate surface area is 211 Å². The van der Waals surface area contributed by atoms with E-state index in [0.717, 1.165) is 17.2 Å². The van der Waals surface area contributed by atoms with Crippen LogP contribution in [-0.2, 0) is 12.7 Å². The van der Waals surface area contributed by atoms with Gasteiger partial charge in [-0.2, -0.15) is 18.2 Å². The lowest BCUT2D eigenvalue weighted by Crippen LogP contribution is -2.30. The minimum absolute atomic E-state index is 0.0830. The van der Waals surface area contributed by atoms with Crippen LogP contribution in [0.3, 0.4) is 0 Å². The van der Waals surface area contributed by atoms with Crippen LogP contribution in [0.5, 0.6) is 11.5 Å². The Bertz CT molecular complexity index is 1440. The predicted molar refractivity (Wildman–Crippen MR) is 126 cm³/mol. The summed E-state index contributed by atoms with van der Waals surface area (Å²) in [4.78, 5) is 9.81. The average Bonchev–Trinajstić information content (AvgIpc) is 2.87. The number of benzene rings is 3. The summed E-state index contributed by atoms with van der Waals surface area (Å²) < 4.78 is 84.3. The van der Waals surface area contributed by atoms with E-state index in [1.807, 2.05) is 0 Å². The molecule has 198 valence electrons. The van der Waals surface area contributed by atoms with Crippen molar-refractivity contribution in [3.8, 4) is 11.5 Å². The van der Waals surface area contributed by atoms with Gasteiger partial charge in [0.1, 0.15) is 11.3 Å². The highest BCUT2D eigenvalue weighted by molar-refractivity contribution is 5.97. The van der Waals surface area contributed by atoms with E-state index >= 15 is 0 Å². The molecule has 0 aliphatic rings. The van der Waals surface area contributed by atoms with Crippen molar-refractivity contribution in [3.05, 3.63) is 95.7 Å². The van der Waals surface area contributed by atoms with Crippen LogP contribution < -0.4 is 20.4 Å². The first-order chi connectivity index (χ1) is 17.9. The van der Waals surface area contributed by atoms with Crippen LogP contribution in [-0.4, -0.2) is 22.4 Å². The summed E-state index contributed by atoms with van der Waals surface area (Å²) in [7, 11) is 0. The number of ether oxygens (including phenoxy) is 1. The number of rotatable bonds is 7. The summed E-state index contributed by atoms with van der Waals surface area (Å²) in [6, 6.07) is 16.0. The first-order valence-electron chi connectivity index (χ1n) is 10.8. The number of halogens is 6. The highest BCUT2D eigenvalue weighted by Gasteiger charge is 2.39. The molecular formula is C25H18F6N4O3. The molecule has 0 radical (unpaired) electrons. The topological polar surface area (TPSA) is 93.2 Å². The number of fused-ring (bicyclic) bond motifs is 1. The molecule has 0 aliphatic heterocycles. The summed E-state index contributed by atoms with van der Waals surface area (Å²) in [5.74, 6) is -1.16. The third-order valence-corrected chi connectivity index (χ3v) is 5.26. The first-order valence-corrected chi connectivity index (χ1v) is 10.8. The molecule has 3 aromatic carbocycles. The Balaban J connectivity index is 1.76. The number of nitrogens with two attached hydrogens (primary N) is 1. The van der Waals surface area contributed by atoms with Gasteiger partial charge in [-0.1, -0.05) is 41.6 Å². The van der Waals surface area contributed by atoms with Crippen molar-refractivity contribution in [2.75, 3.05) is 5.06 Å². The Morgan fingerprint density at radius 1 is 0.895 bits per heavy atom. The molecule has 0 saturated heterocycles. The lowest BCUT2D eigenvalue weighted by molar-refractivity contribution is -0.274. The summed E-state index contributed by atoms with van der Waals surface area (Å²) >= 11 is 0. The van der Waals surface area contributed by atoms with E-state index in [1.165, 1.54) is 60.8 Å². The lowest BCUT2D eigenvalue weighted by atomic mass is 10.1. The molecule has 4 rings (SSSR count). The van der Waals surface area contributed by atoms with Gasteiger partial charge in [0.15, 0.2) is 17.4 Å². The van der Waals surface area contributed by atoms with E-state index in [9.17, 15) is 26.3 Å². The Morgan fingerprint density at radius 2 is 1.53 bits per heavy atom. The zero-order valence-corrected chi connectivity index (χ0v) is 19.2. The molecule has 1 aromatic heterocycles. The fraction of sp³-hybridized carbons (Fsp3) is 0.120. The fourth-order valence-corrected chi connectivity index (χ4v) is 3.61. The van der Waals surface area contributed by atoms with Crippen molar-refractivity contribution >= 4 is 22.4 Å².